The smallest absolute Gasteiger partial charge is 0.248 e. The third-order valence-electron chi connectivity index (χ3n) is 3.80. The molecular weight excluding hydrogens is 260 g/mol. The summed E-state index contributed by atoms with van der Waals surface area (Å²) in [5.41, 5.74) is 6.86. The Kier molecular flexibility index (Phi) is 5.39. The minimum absolute atomic E-state index is 0.236. The van der Waals surface area contributed by atoms with Gasteiger partial charge in [0, 0.05) is 23.7 Å². The van der Waals surface area contributed by atoms with E-state index in [1.807, 2.05) is 6.07 Å². The Bertz CT molecular complexity index is 455. The molecule has 3 N–H and O–H groups in total. The zero-order valence-corrected chi connectivity index (χ0v) is 12.8. The number of benzene rings is 1. The lowest BCUT2D eigenvalue weighted by Crippen LogP contribution is -2.33. The molecule has 1 amide bonds. The maximum absolute atomic E-state index is 11.0. The molecule has 0 aromatic heterocycles. The first-order chi connectivity index (χ1) is 8.74. The highest BCUT2D eigenvalue weighted by atomic mass is 35.5. The topological polar surface area (TPSA) is 55.1 Å². The second-order valence-corrected chi connectivity index (χ2v) is 6.32. The van der Waals surface area contributed by atoms with Gasteiger partial charge in [-0.15, -0.1) is 0 Å². The van der Waals surface area contributed by atoms with Gasteiger partial charge in [-0.25, -0.2) is 0 Å². The zero-order chi connectivity index (χ0) is 14.6. The average molecular weight is 283 g/mol. The number of hydrogen-bond donors (Lipinski definition) is 2. The Balaban J connectivity index is 2.62. The molecule has 0 saturated carbocycles. The van der Waals surface area contributed by atoms with Crippen molar-refractivity contribution in [3.05, 3.63) is 34.3 Å². The molecule has 0 spiro atoms. The van der Waals surface area contributed by atoms with Crippen LogP contribution in [0.1, 0.15) is 43.6 Å². The largest absolute Gasteiger partial charge is 0.366 e. The molecule has 0 aliphatic heterocycles. The molecule has 0 saturated heterocycles. The summed E-state index contributed by atoms with van der Waals surface area (Å²) in [5, 5.41) is 3.99. The van der Waals surface area contributed by atoms with Gasteiger partial charge in [-0.1, -0.05) is 45.4 Å². The zero-order valence-electron chi connectivity index (χ0n) is 12.1. The first-order valence-corrected chi connectivity index (χ1v) is 6.91. The molecule has 0 aliphatic rings. The summed E-state index contributed by atoms with van der Waals surface area (Å²) in [6.45, 7) is 10.5. The van der Waals surface area contributed by atoms with Crippen molar-refractivity contribution >= 4 is 17.5 Å². The number of carbonyl (C=O) groups excluding carboxylic acids is 1. The molecule has 4 heteroatoms. The predicted octanol–water partition coefficient (Wildman–Crippen LogP) is 3.21. The van der Waals surface area contributed by atoms with Crippen molar-refractivity contribution in [3.63, 3.8) is 0 Å². The van der Waals surface area contributed by atoms with Crippen LogP contribution in [0.3, 0.4) is 0 Å². The van der Waals surface area contributed by atoms with Crippen molar-refractivity contribution in [2.45, 2.75) is 34.2 Å². The number of amides is 1. The summed E-state index contributed by atoms with van der Waals surface area (Å²) in [5.74, 6) is 0.148. The van der Waals surface area contributed by atoms with Crippen molar-refractivity contribution in [1.82, 2.24) is 5.32 Å². The van der Waals surface area contributed by atoms with E-state index in [1.165, 1.54) is 0 Å². The van der Waals surface area contributed by atoms with Gasteiger partial charge in [-0.2, -0.15) is 0 Å². The first-order valence-electron chi connectivity index (χ1n) is 6.53. The van der Waals surface area contributed by atoms with Crippen LogP contribution in [0.4, 0.5) is 0 Å². The molecule has 1 aromatic carbocycles. The number of nitrogens with one attached hydrogen (secondary N) is 1. The van der Waals surface area contributed by atoms with Crippen LogP contribution in [0.2, 0.25) is 5.02 Å². The van der Waals surface area contributed by atoms with Crippen LogP contribution in [0.5, 0.6) is 0 Å². The highest BCUT2D eigenvalue weighted by Gasteiger charge is 2.21. The summed E-state index contributed by atoms with van der Waals surface area (Å²) < 4.78 is 0. The van der Waals surface area contributed by atoms with Crippen LogP contribution in [-0.2, 0) is 6.54 Å². The molecule has 1 rings (SSSR count). The summed E-state index contributed by atoms with van der Waals surface area (Å²) in [6, 6.07) is 5.17. The molecule has 0 bridgehead atoms. The SMILES string of the molecule is CC(C)C(C)(C)CNCc1ccc(C(N)=O)cc1Cl. The number of primary amides is 1. The third-order valence-corrected chi connectivity index (χ3v) is 4.15. The standard InChI is InChI=1S/C15H23ClN2O/c1-10(2)15(3,4)9-18-8-12-6-5-11(14(17)19)7-13(12)16/h5-7,10,18H,8-9H2,1-4H3,(H2,17,19). The Hall–Kier alpha value is -1.06. The van der Waals surface area contributed by atoms with Crippen molar-refractivity contribution in [1.29, 1.82) is 0 Å². The summed E-state index contributed by atoms with van der Waals surface area (Å²) in [7, 11) is 0. The fraction of sp³-hybridized carbons (Fsp3) is 0.533. The maximum Gasteiger partial charge on any atom is 0.248 e. The van der Waals surface area contributed by atoms with E-state index < -0.39 is 5.91 Å². The van der Waals surface area contributed by atoms with Gasteiger partial charge in [-0.05, 0) is 29.0 Å². The molecular formula is C15H23ClN2O. The lowest BCUT2D eigenvalue weighted by atomic mass is 9.81. The molecule has 0 atom stereocenters. The monoisotopic (exact) mass is 282 g/mol. The van der Waals surface area contributed by atoms with Crippen LogP contribution in [0.25, 0.3) is 0 Å². The fourth-order valence-corrected chi connectivity index (χ4v) is 1.81. The van der Waals surface area contributed by atoms with E-state index in [2.05, 4.69) is 33.0 Å². The second kappa shape index (κ2) is 6.40. The molecule has 0 aliphatic carbocycles. The minimum atomic E-state index is -0.456. The maximum atomic E-state index is 11.0. The predicted molar refractivity (Wildman–Crippen MR) is 80.3 cm³/mol. The van der Waals surface area contributed by atoms with E-state index in [-0.39, 0.29) is 5.41 Å². The molecule has 1 aromatic rings. The molecule has 3 nitrogen and oxygen atoms in total. The summed E-state index contributed by atoms with van der Waals surface area (Å²) >= 11 is 6.14. The molecule has 0 unspecified atom stereocenters. The van der Waals surface area contributed by atoms with E-state index in [0.717, 1.165) is 12.1 Å². The molecule has 0 radical (unpaired) electrons. The number of nitrogens with two attached hydrogens (primary N) is 1. The number of hydrogen-bond acceptors (Lipinski definition) is 2. The van der Waals surface area contributed by atoms with E-state index in [0.29, 0.717) is 23.0 Å². The van der Waals surface area contributed by atoms with Crippen LogP contribution in [-0.4, -0.2) is 12.5 Å². The van der Waals surface area contributed by atoms with Gasteiger partial charge >= 0.3 is 0 Å². The van der Waals surface area contributed by atoms with Crippen molar-refractivity contribution in [2.75, 3.05) is 6.54 Å². The van der Waals surface area contributed by atoms with Gasteiger partial charge in [0.05, 0.1) is 0 Å². The molecule has 0 heterocycles. The van der Waals surface area contributed by atoms with Gasteiger partial charge in [0.25, 0.3) is 0 Å². The van der Waals surface area contributed by atoms with E-state index in [9.17, 15) is 4.79 Å². The minimum Gasteiger partial charge on any atom is -0.366 e. The summed E-state index contributed by atoms with van der Waals surface area (Å²) in [4.78, 5) is 11.0. The van der Waals surface area contributed by atoms with Crippen molar-refractivity contribution in [2.24, 2.45) is 17.1 Å². The van der Waals surface area contributed by atoms with Gasteiger partial charge in [0.1, 0.15) is 0 Å². The average Bonchev–Trinajstić information content (AvgIpc) is 2.30. The van der Waals surface area contributed by atoms with Gasteiger partial charge in [0.2, 0.25) is 5.91 Å². The van der Waals surface area contributed by atoms with Gasteiger partial charge < -0.3 is 11.1 Å². The normalized spacial score (nSPS) is 11.9. The van der Waals surface area contributed by atoms with E-state index in [4.69, 9.17) is 17.3 Å². The number of halogens is 1. The molecule has 106 valence electrons. The fourth-order valence-electron chi connectivity index (χ4n) is 1.57. The first kappa shape index (κ1) is 16.0. The lowest BCUT2D eigenvalue weighted by molar-refractivity contribution is 0.100. The number of rotatable bonds is 6. The lowest BCUT2D eigenvalue weighted by Gasteiger charge is -2.29. The van der Waals surface area contributed by atoms with Gasteiger partial charge in [0.15, 0.2) is 0 Å². The van der Waals surface area contributed by atoms with Crippen molar-refractivity contribution < 1.29 is 4.79 Å². The van der Waals surface area contributed by atoms with E-state index >= 15 is 0 Å². The summed E-state index contributed by atoms with van der Waals surface area (Å²) in [6.07, 6.45) is 0. The van der Waals surface area contributed by atoms with Crippen LogP contribution in [0.15, 0.2) is 18.2 Å². The Morgan fingerprint density at radius 1 is 1.42 bits per heavy atom. The Morgan fingerprint density at radius 2 is 2.05 bits per heavy atom. The highest BCUT2D eigenvalue weighted by molar-refractivity contribution is 6.31. The molecule has 19 heavy (non-hydrogen) atoms. The van der Waals surface area contributed by atoms with Gasteiger partial charge in [-0.3, -0.25) is 4.79 Å². The Labute approximate surface area is 120 Å². The Morgan fingerprint density at radius 3 is 2.53 bits per heavy atom. The van der Waals surface area contributed by atoms with Crippen LogP contribution >= 0.6 is 11.6 Å². The van der Waals surface area contributed by atoms with E-state index in [1.54, 1.807) is 12.1 Å². The van der Waals surface area contributed by atoms with Crippen LogP contribution < -0.4 is 11.1 Å². The quantitative estimate of drug-likeness (QED) is 0.842. The second-order valence-electron chi connectivity index (χ2n) is 5.92. The van der Waals surface area contributed by atoms with Crippen LogP contribution in [0, 0.1) is 11.3 Å². The highest BCUT2D eigenvalue weighted by Crippen LogP contribution is 2.25. The number of carbonyl (C=O) groups is 1. The van der Waals surface area contributed by atoms with Crippen molar-refractivity contribution in [3.8, 4) is 0 Å². The third kappa shape index (κ3) is 4.51. The molecule has 0 fully saturated rings.